The van der Waals surface area contributed by atoms with Gasteiger partial charge in [0.15, 0.2) is 0 Å². The predicted molar refractivity (Wildman–Crippen MR) is 129 cm³/mol. The van der Waals surface area contributed by atoms with Gasteiger partial charge in [0.2, 0.25) is 5.69 Å². The lowest BCUT2D eigenvalue weighted by Crippen LogP contribution is -2.09. The van der Waals surface area contributed by atoms with Crippen LogP contribution < -0.4 is 5.32 Å². The van der Waals surface area contributed by atoms with E-state index in [0.29, 0.717) is 11.6 Å². The van der Waals surface area contributed by atoms with Crippen molar-refractivity contribution in [2.45, 2.75) is 26.2 Å². The van der Waals surface area contributed by atoms with Gasteiger partial charge in [0.1, 0.15) is 11.5 Å². The van der Waals surface area contributed by atoms with Crippen molar-refractivity contribution < 1.29 is 0 Å². The third kappa shape index (κ3) is 3.58. The fourth-order valence-corrected chi connectivity index (χ4v) is 4.12. The molecular formula is C26H24N6. The van der Waals surface area contributed by atoms with Crippen LogP contribution in [0.15, 0.2) is 67.3 Å². The van der Waals surface area contributed by atoms with Crippen LogP contribution in [0, 0.1) is 6.57 Å². The van der Waals surface area contributed by atoms with Crippen molar-refractivity contribution in [3.63, 3.8) is 0 Å². The third-order valence-electron chi connectivity index (χ3n) is 5.79. The van der Waals surface area contributed by atoms with E-state index < -0.39 is 0 Å². The maximum absolute atomic E-state index is 7.30. The summed E-state index contributed by atoms with van der Waals surface area (Å²) in [7, 11) is 0. The zero-order chi connectivity index (χ0) is 22.1. The summed E-state index contributed by atoms with van der Waals surface area (Å²) in [5.41, 5.74) is 6.75. The number of hydrogen-bond donors (Lipinski definition) is 2. The van der Waals surface area contributed by atoms with E-state index in [2.05, 4.69) is 75.0 Å². The number of benzene rings is 1. The molecule has 0 saturated carbocycles. The number of para-hydroxylation sites is 1. The summed E-state index contributed by atoms with van der Waals surface area (Å²) in [5.74, 6) is 1.33. The van der Waals surface area contributed by atoms with Gasteiger partial charge >= 0.3 is 0 Å². The molecule has 0 aliphatic heterocycles. The molecule has 2 N–H and O–H groups in total. The van der Waals surface area contributed by atoms with Crippen LogP contribution in [0.1, 0.15) is 30.9 Å². The molecule has 0 aliphatic rings. The van der Waals surface area contributed by atoms with Gasteiger partial charge in [-0.1, -0.05) is 32.0 Å². The first-order chi connectivity index (χ1) is 15.6. The maximum atomic E-state index is 7.30. The predicted octanol–water partition coefficient (Wildman–Crippen LogP) is 6.21. The summed E-state index contributed by atoms with van der Waals surface area (Å²) in [4.78, 5) is 16.0. The van der Waals surface area contributed by atoms with Crippen molar-refractivity contribution in [2.24, 2.45) is 0 Å². The standard InChI is InChI=1S/C26H24N6/c1-17(2)21-9-11-32-25(29-10-8-18-15-30-23-7-5-4-6-22(18)23)13-24(31-26(21)32)19-12-20(27-3)16-28-14-19/h4-7,9,11-17,29-30H,8,10H2,1-2H3. The molecule has 0 atom stereocenters. The molecule has 0 bridgehead atoms. The second-order valence-electron chi connectivity index (χ2n) is 8.23. The Bertz CT molecular complexity index is 1450. The average molecular weight is 421 g/mol. The number of pyridine rings is 1. The van der Waals surface area contributed by atoms with Gasteiger partial charge in [-0.3, -0.25) is 9.38 Å². The van der Waals surface area contributed by atoms with Gasteiger partial charge < -0.3 is 10.3 Å². The van der Waals surface area contributed by atoms with Crippen molar-refractivity contribution in [2.75, 3.05) is 11.9 Å². The first kappa shape index (κ1) is 19.8. The molecule has 0 aliphatic carbocycles. The van der Waals surface area contributed by atoms with E-state index >= 15 is 0 Å². The molecule has 0 spiro atoms. The number of aromatic amines is 1. The minimum absolute atomic E-state index is 0.356. The van der Waals surface area contributed by atoms with E-state index in [0.717, 1.165) is 41.2 Å². The molecule has 4 heterocycles. The molecule has 0 saturated heterocycles. The first-order valence-corrected chi connectivity index (χ1v) is 10.8. The quantitative estimate of drug-likeness (QED) is 0.321. The molecule has 6 nitrogen and oxygen atoms in total. The zero-order valence-electron chi connectivity index (χ0n) is 18.1. The molecule has 0 radical (unpaired) electrons. The molecular weight excluding hydrogens is 396 g/mol. The lowest BCUT2D eigenvalue weighted by molar-refractivity contribution is 0.871. The first-order valence-electron chi connectivity index (χ1n) is 10.8. The van der Waals surface area contributed by atoms with Crippen LogP contribution >= 0.6 is 0 Å². The second-order valence-corrected chi connectivity index (χ2v) is 8.23. The van der Waals surface area contributed by atoms with E-state index in [1.807, 2.05) is 18.2 Å². The van der Waals surface area contributed by atoms with Crippen molar-refractivity contribution in [1.29, 1.82) is 0 Å². The summed E-state index contributed by atoms with van der Waals surface area (Å²) < 4.78 is 2.11. The van der Waals surface area contributed by atoms with Crippen LogP contribution in [0.2, 0.25) is 0 Å². The third-order valence-corrected chi connectivity index (χ3v) is 5.79. The normalized spacial score (nSPS) is 11.3. The van der Waals surface area contributed by atoms with E-state index in [-0.39, 0.29) is 0 Å². The van der Waals surface area contributed by atoms with Crippen molar-refractivity contribution in [3.05, 3.63) is 89.8 Å². The van der Waals surface area contributed by atoms with E-state index in [9.17, 15) is 0 Å². The van der Waals surface area contributed by atoms with Crippen LogP contribution in [0.5, 0.6) is 0 Å². The number of aromatic nitrogens is 4. The van der Waals surface area contributed by atoms with Gasteiger partial charge in [-0.25, -0.2) is 9.83 Å². The van der Waals surface area contributed by atoms with Crippen molar-refractivity contribution >= 4 is 28.1 Å². The Morgan fingerprint density at radius 1 is 1.16 bits per heavy atom. The zero-order valence-corrected chi connectivity index (χ0v) is 18.1. The smallest absolute Gasteiger partial charge is 0.205 e. The van der Waals surface area contributed by atoms with Gasteiger partial charge in [-0.15, -0.1) is 0 Å². The van der Waals surface area contributed by atoms with E-state index in [4.69, 9.17) is 11.6 Å². The Balaban J connectivity index is 1.50. The highest BCUT2D eigenvalue weighted by Gasteiger charge is 2.14. The van der Waals surface area contributed by atoms with E-state index in [1.165, 1.54) is 16.5 Å². The Labute approximate surface area is 186 Å². The number of fused-ring (bicyclic) bond motifs is 2. The fraction of sp³-hybridized carbons (Fsp3) is 0.192. The van der Waals surface area contributed by atoms with E-state index in [1.54, 1.807) is 12.4 Å². The minimum Gasteiger partial charge on any atom is -0.371 e. The maximum Gasteiger partial charge on any atom is 0.205 e. The van der Waals surface area contributed by atoms with Crippen molar-refractivity contribution in [3.8, 4) is 11.3 Å². The summed E-state index contributed by atoms with van der Waals surface area (Å²) in [6.07, 6.45) is 8.40. The SMILES string of the molecule is [C-]#[N+]c1cncc(-c2cc(NCCc3c[nH]c4ccccc34)n3ccc(C(C)C)c3n2)c1. The monoisotopic (exact) mass is 420 g/mol. The molecule has 6 heteroatoms. The largest absolute Gasteiger partial charge is 0.371 e. The molecule has 4 aromatic heterocycles. The lowest BCUT2D eigenvalue weighted by atomic mass is 10.1. The van der Waals surface area contributed by atoms with Crippen LogP contribution in [0.3, 0.4) is 0 Å². The molecule has 0 amide bonds. The number of nitrogens with zero attached hydrogens (tertiary/aromatic N) is 4. The molecule has 0 fully saturated rings. The van der Waals surface area contributed by atoms with Crippen LogP contribution in [-0.2, 0) is 6.42 Å². The Kier molecular flexibility index (Phi) is 5.08. The summed E-state index contributed by atoms with van der Waals surface area (Å²) >= 11 is 0. The lowest BCUT2D eigenvalue weighted by Gasteiger charge is -2.13. The average Bonchev–Trinajstić information content (AvgIpc) is 3.43. The Hall–Kier alpha value is -4.11. The summed E-state index contributed by atoms with van der Waals surface area (Å²) in [5, 5.41) is 4.87. The highest BCUT2D eigenvalue weighted by Crippen LogP contribution is 2.29. The molecule has 1 aromatic carbocycles. The van der Waals surface area contributed by atoms with Gasteiger partial charge in [-0.05, 0) is 41.7 Å². The van der Waals surface area contributed by atoms with Gasteiger partial charge in [0.25, 0.3) is 0 Å². The summed E-state index contributed by atoms with van der Waals surface area (Å²) in [6, 6.07) is 14.4. The molecule has 5 rings (SSSR count). The van der Waals surface area contributed by atoms with Crippen LogP contribution in [0.25, 0.3) is 32.7 Å². The highest BCUT2D eigenvalue weighted by molar-refractivity contribution is 5.83. The highest BCUT2D eigenvalue weighted by atomic mass is 15.1. The number of anilines is 1. The Morgan fingerprint density at radius 3 is 2.88 bits per heavy atom. The molecule has 0 unspecified atom stereocenters. The fourth-order valence-electron chi connectivity index (χ4n) is 4.12. The van der Waals surface area contributed by atoms with Crippen LogP contribution in [-0.4, -0.2) is 25.9 Å². The Morgan fingerprint density at radius 2 is 2.03 bits per heavy atom. The molecule has 158 valence electrons. The van der Waals surface area contributed by atoms with Gasteiger partial charge in [0, 0.05) is 53.9 Å². The van der Waals surface area contributed by atoms with Gasteiger partial charge in [-0.2, -0.15) is 0 Å². The minimum atomic E-state index is 0.356. The molecule has 5 aromatic rings. The topological polar surface area (TPSA) is 62.4 Å². The van der Waals surface area contributed by atoms with Crippen LogP contribution in [0.4, 0.5) is 11.5 Å². The number of rotatable bonds is 6. The number of H-pyrrole nitrogens is 1. The number of hydrogen-bond acceptors (Lipinski definition) is 3. The number of nitrogens with one attached hydrogen (secondary N) is 2. The second kappa shape index (κ2) is 8.20. The van der Waals surface area contributed by atoms with Crippen molar-refractivity contribution in [1.82, 2.24) is 19.4 Å². The molecule has 32 heavy (non-hydrogen) atoms. The van der Waals surface area contributed by atoms with Gasteiger partial charge in [0.05, 0.1) is 12.3 Å². The summed E-state index contributed by atoms with van der Waals surface area (Å²) in [6.45, 7) is 12.4.